The number of carboxylic acids is 1. The third-order valence-corrected chi connectivity index (χ3v) is 1.56. The Bertz CT molecular complexity index is 271. The molecule has 0 aromatic heterocycles. The van der Waals surface area contributed by atoms with Crippen molar-refractivity contribution in [2.75, 3.05) is 0 Å². The normalized spacial score (nSPS) is 12.6. The molecular weight excluding hydrogens is 188 g/mol. The predicted octanol–water partition coefficient (Wildman–Crippen LogP) is 1.34. The van der Waals surface area contributed by atoms with E-state index in [4.69, 9.17) is 16.7 Å². The van der Waals surface area contributed by atoms with E-state index in [0.717, 1.165) is 0 Å². The molecule has 3 nitrogen and oxygen atoms in total. The number of halogens is 1. The van der Waals surface area contributed by atoms with Crippen molar-refractivity contribution in [3.05, 3.63) is 12.8 Å². The van der Waals surface area contributed by atoms with Crippen LogP contribution in [0.3, 0.4) is 0 Å². The molecule has 0 rings (SSSR count). The van der Waals surface area contributed by atoms with Crippen LogP contribution < -0.4 is 0 Å². The number of carbonyl (C=O) groups is 1. The average Bonchev–Trinajstić information content (AvgIpc) is 1.99. The Balaban J connectivity index is 4.83. The van der Waals surface area contributed by atoms with E-state index in [1.54, 1.807) is 13.8 Å². The van der Waals surface area contributed by atoms with Crippen LogP contribution in [-0.2, 0) is 4.79 Å². The molecule has 0 aliphatic carbocycles. The Hall–Kier alpha value is -0.895. The number of rotatable bonds is 4. The topological polar surface area (TPSA) is 49.7 Å². The van der Waals surface area contributed by atoms with Gasteiger partial charge in [0.05, 0.1) is 0 Å². The fourth-order valence-corrected chi connectivity index (χ4v) is 0.915. The second-order valence-corrected chi connectivity index (χ2v) is 3.08. The van der Waals surface area contributed by atoms with Gasteiger partial charge in [0.15, 0.2) is 0 Å². The van der Waals surface area contributed by atoms with Gasteiger partial charge in [0.25, 0.3) is 0 Å². The minimum absolute atomic E-state index is 0.0914. The summed E-state index contributed by atoms with van der Waals surface area (Å²) in [6.07, 6.45) is 1.26. The minimum atomic E-state index is -0.979. The number of aliphatic carboxylic acids is 1. The van der Waals surface area contributed by atoms with E-state index < -0.39 is 5.97 Å². The molecule has 1 N–H and O–H groups in total. The molecule has 0 heterocycles. The molecule has 0 spiro atoms. The van der Waals surface area contributed by atoms with Crippen molar-refractivity contribution in [1.29, 1.82) is 0 Å². The van der Waals surface area contributed by atoms with E-state index in [1.165, 1.54) is 13.1 Å². The first-order valence-electron chi connectivity index (χ1n) is 3.78. The summed E-state index contributed by atoms with van der Waals surface area (Å²) in [4.78, 5) is 14.3. The monoisotopic (exact) mass is 199 g/mol. The number of nitrogens with zero attached hydrogens (tertiary/aromatic N) is 1. The molecule has 0 aliphatic heterocycles. The standard InChI is InChI=1S/C8H11BClNO2/c1-4-11-8(10)9-6(5(2)3)7(12)13/h4-5H,1H2,2-3H3,(H,12,13). The summed E-state index contributed by atoms with van der Waals surface area (Å²) >= 11 is 5.60. The number of aliphatic imine (C=N–C) groups is 1. The van der Waals surface area contributed by atoms with Gasteiger partial charge in [-0.3, -0.25) is 0 Å². The van der Waals surface area contributed by atoms with Crippen LogP contribution in [0.5, 0.6) is 0 Å². The zero-order valence-electron chi connectivity index (χ0n) is 7.62. The number of hydrogen-bond donors (Lipinski definition) is 1. The first-order valence-corrected chi connectivity index (χ1v) is 4.16. The molecule has 0 amide bonds. The van der Waals surface area contributed by atoms with Crippen LogP contribution in [0.4, 0.5) is 0 Å². The Morgan fingerprint density at radius 3 is 2.54 bits per heavy atom. The molecule has 0 atom stereocenters. The first-order chi connectivity index (χ1) is 5.99. The maximum atomic E-state index is 10.7. The van der Waals surface area contributed by atoms with Crippen molar-refractivity contribution in [2.24, 2.45) is 10.9 Å². The summed E-state index contributed by atoms with van der Waals surface area (Å²) in [7, 11) is 0. The summed E-state index contributed by atoms with van der Waals surface area (Å²) < 4.78 is 0. The molecule has 0 aromatic rings. The molecule has 0 fully saturated rings. The second kappa shape index (κ2) is 5.70. The van der Waals surface area contributed by atoms with Crippen molar-refractivity contribution >= 4 is 35.0 Å². The van der Waals surface area contributed by atoms with Gasteiger partial charge in [0.1, 0.15) is 0 Å². The van der Waals surface area contributed by atoms with E-state index in [-0.39, 0.29) is 16.5 Å². The van der Waals surface area contributed by atoms with Gasteiger partial charge in [-0.2, -0.15) is 0 Å². The fourth-order valence-electron chi connectivity index (χ4n) is 0.728. The van der Waals surface area contributed by atoms with E-state index in [2.05, 4.69) is 11.6 Å². The second-order valence-electron chi connectivity index (χ2n) is 2.69. The maximum absolute atomic E-state index is 10.7. The summed E-state index contributed by atoms with van der Waals surface area (Å²) in [5.74, 6) is -1.07. The molecule has 0 saturated heterocycles. The van der Waals surface area contributed by atoms with Crippen LogP contribution in [0.1, 0.15) is 13.8 Å². The van der Waals surface area contributed by atoms with Gasteiger partial charge in [0, 0.05) is 0 Å². The van der Waals surface area contributed by atoms with Crippen molar-refractivity contribution in [3.8, 4) is 0 Å². The van der Waals surface area contributed by atoms with Gasteiger partial charge in [-0.15, -0.1) is 0 Å². The van der Waals surface area contributed by atoms with Crippen LogP contribution >= 0.6 is 11.6 Å². The SMILES string of the molecule is C=CN=C(Cl)B=C(C(=O)O)C(C)C. The molecule has 0 aromatic carbocycles. The molecular formula is C8H11BClNO2. The van der Waals surface area contributed by atoms with Crippen molar-refractivity contribution in [1.82, 2.24) is 0 Å². The quantitative estimate of drug-likeness (QED) is 0.549. The molecule has 0 bridgehead atoms. The van der Waals surface area contributed by atoms with E-state index >= 15 is 0 Å². The zero-order chi connectivity index (χ0) is 10.4. The molecule has 5 heteroatoms. The van der Waals surface area contributed by atoms with Gasteiger partial charge in [-0.1, -0.05) is 0 Å². The van der Waals surface area contributed by atoms with Crippen LogP contribution in [0, 0.1) is 5.92 Å². The van der Waals surface area contributed by atoms with Gasteiger partial charge in [0.2, 0.25) is 0 Å². The van der Waals surface area contributed by atoms with E-state index in [1.807, 2.05) is 0 Å². The third-order valence-electron chi connectivity index (χ3n) is 1.36. The fraction of sp³-hybridized carbons (Fsp3) is 0.375. The Kier molecular flexibility index (Phi) is 5.31. The van der Waals surface area contributed by atoms with Gasteiger partial charge in [-0.25, -0.2) is 0 Å². The van der Waals surface area contributed by atoms with Crippen molar-refractivity contribution in [2.45, 2.75) is 13.8 Å². The molecule has 0 saturated carbocycles. The third kappa shape index (κ3) is 4.63. The Morgan fingerprint density at radius 2 is 2.23 bits per heavy atom. The van der Waals surface area contributed by atoms with Gasteiger partial charge in [-0.05, 0) is 0 Å². The zero-order valence-corrected chi connectivity index (χ0v) is 8.38. The molecule has 13 heavy (non-hydrogen) atoms. The molecule has 70 valence electrons. The van der Waals surface area contributed by atoms with Crippen LogP contribution in [-0.4, -0.2) is 28.5 Å². The Morgan fingerprint density at radius 1 is 1.69 bits per heavy atom. The molecule has 0 radical (unpaired) electrons. The van der Waals surface area contributed by atoms with Gasteiger partial charge < -0.3 is 0 Å². The van der Waals surface area contributed by atoms with E-state index in [0.29, 0.717) is 0 Å². The average molecular weight is 199 g/mol. The van der Waals surface area contributed by atoms with Crippen molar-refractivity contribution < 1.29 is 9.90 Å². The summed E-state index contributed by atoms with van der Waals surface area (Å²) in [5.41, 5.74) is 0.232. The van der Waals surface area contributed by atoms with Crippen LogP contribution in [0.2, 0.25) is 0 Å². The number of carboxylic acid groups (broad SMARTS) is 1. The van der Waals surface area contributed by atoms with Crippen molar-refractivity contribution in [3.63, 3.8) is 0 Å². The summed E-state index contributed by atoms with van der Waals surface area (Å²) in [5, 5.41) is 8.88. The van der Waals surface area contributed by atoms with E-state index in [9.17, 15) is 4.79 Å². The number of hydrogen-bond acceptors (Lipinski definition) is 2. The molecule has 0 unspecified atom stereocenters. The molecule has 0 aliphatic rings. The van der Waals surface area contributed by atoms with Crippen LogP contribution in [0.25, 0.3) is 0 Å². The van der Waals surface area contributed by atoms with Crippen LogP contribution in [0.15, 0.2) is 17.8 Å². The Labute approximate surface area is 83.0 Å². The predicted molar refractivity (Wildman–Crippen MR) is 56.7 cm³/mol. The van der Waals surface area contributed by atoms with Gasteiger partial charge >= 0.3 is 82.5 Å². The summed E-state index contributed by atoms with van der Waals surface area (Å²) in [6.45, 7) is 8.23. The summed E-state index contributed by atoms with van der Waals surface area (Å²) in [6, 6.07) is 0. The first kappa shape index (κ1) is 12.1.